The molecular formula is C12H22N2. The Bertz CT molecular complexity index is 188. The summed E-state index contributed by atoms with van der Waals surface area (Å²) in [5.74, 6) is 0.915. The number of hydrogen-bond donors (Lipinski definition) is 1. The quantitative estimate of drug-likeness (QED) is 0.694. The van der Waals surface area contributed by atoms with Crippen LogP contribution < -0.4 is 5.73 Å². The Labute approximate surface area is 87.2 Å². The lowest BCUT2D eigenvalue weighted by Gasteiger charge is -2.45. The minimum atomic E-state index is 0.459. The third kappa shape index (κ3) is 2.18. The average molecular weight is 194 g/mol. The molecule has 2 rings (SSSR count). The van der Waals surface area contributed by atoms with E-state index in [1.54, 1.807) is 0 Å². The van der Waals surface area contributed by atoms with Crippen molar-refractivity contribution < 1.29 is 0 Å². The molecule has 2 fully saturated rings. The summed E-state index contributed by atoms with van der Waals surface area (Å²) < 4.78 is 0. The first kappa shape index (κ1) is 10.2. The van der Waals surface area contributed by atoms with Crippen molar-refractivity contribution in [1.29, 1.82) is 0 Å². The van der Waals surface area contributed by atoms with Crippen molar-refractivity contribution in [2.75, 3.05) is 13.1 Å². The van der Waals surface area contributed by atoms with Crippen LogP contribution in [-0.2, 0) is 0 Å². The maximum absolute atomic E-state index is 5.80. The van der Waals surface area contributed by atoms with Gasteiger partial charge in [-0.15, -0.1) is 6.58 Å². The van der Waals surface area contributed by atoms with Crippen LogP contribution >= 0.6 is 0 Å². The van der Waals surface area contributed by atoms with E-state index in [2.05, 4.69) is 17.6 Å². The SMILES string of the molecule is C=CCC1CCC(N2CC(N)C2)CC1. The molecular weight excluding hydrogens is 172 g/mol. The van der Waals surface area contributed by atoms with Gasteiger partial charge in [-0.05, 0) is 38.0 Å². The summed E-state index contributed by atoms with van der Waals surface area (Å²) in [5.41, 5.74) is 5.80. The molecule has 1 aliphatic carbocycles. The molecule has 0 atom stereocenters. The fourth-order valence-electron chi connectivity index (χ4n) is 2.83. The van der Waals surface area contributed by atoms with Gasteiger partial charge in [0, 0.05) is 25.2 Å². The minimum absolute atomic E-state index is 0.459. The summed E-state index contributed by atoms with van der Waals surface area (Å²) in [6.07, 6.45) is 8.83. The molecule has 0 radical (unpaired) electrons. The summed E-state index contributed by atoms with van der Waals surface area (Å²) in [5, 5.41) is 0. The van der Waals surface area contributed by atoms with Gasteiger partial charge in [0.15, 0.2) is 0 Å². The second-order valence-electron chi connectivity index (χ2n) is 4.91. The maximum Gasteiger partial charge on any atom is 0.0297 e. The Hall–Kier alpha value is -0.340. The van der Waals surface area contributed by atoms with Gasteiger partial charge in [-0.1, -0.05) is 6.08 Å². The predicted molar refractivity (Wildman–Crippen MR) is 60.1 cm³/mol. The molecule has 0 unspecified atom stereocenters. The Morgan fingerprint density at radius 2 is 1.86 bits per heavy atom. The standard InChI is InChI=1S/C12H22N2/c1-2-3-10-4-6-12(7-5-10)14-8-11(13)9-14/h2,10-12H,1,3-9,13H2. The molecule has 1 saturated heterocycles. The first-order valence-corrected chi connectivity index (χ1v) is 5.90. The molecule has 0 aromatic heterocycles. The summed E-state index contributed by atoms with van der Waals surface area (Å²) in [7, 11) is 0. The number of allylic oxidation sites excluding steroid dienone is 1. The first-order chi connectivity index (χ1) is 6.79. The molecule has 0 bridgehead atoms. The van der Waals surface area contributed by atoms with Gasteiger partial charge in [-0.2, -0.15) is 0 Å². The average Bonchev–Trinajstić information content (AvgIpc) is 2.15. The number of nitrogens with two attached hydrogens (primary N) is 1. The molecule has 1 saturated carbocycles. The molecule has 1 heterocycles. The summed E-state index contributed by atoms with van der Waals surface area (Å²) in [4.78, 5) is 2.56. The van der Waals surface area contributed by atoms with Gasteiger partial charge in [0.25, 0.3) is 0 Å². The van der Waals surface area contributed by atoms with E-state index in [1.165, 1.54) is 32.1 Å². The van der Waals surface area contributed by atoms with Gasteiger partial charge in [0.1, 0.15) is 0 Å². The van der Waals surface area contributed by atoms with Crippen LogP contribution in [0.4, 0.5) is 0 Å². The topological polar surface area (TPSA) is 29.3 Å². The second kappa shape index (κ2) is 4.45. The third-order valence-electron chi connectivity index (χ3n) is 3.77. The molecule has 2 aliphatic rings. The molecule has 0 spiro atoms. The zero-order valence-electron chi connectivity index (χ0n) is 8.99. The lowest BCUT2D eigenvalue weighted by atomic mass is 9.82. The van der Waals surface area contributed by atoms with E-state index in [1.807, 2.05) is 0 Å². The van der Waals surface area contributed by atoms with E-state index in [4.69, 9.17) is 5.73 Å². The van der Waals surface area contributed by atoms with Gasteiger partial charge in [-0.25, -0.2) is 0 Å². The van der Waals surface area contributed by atoms with Gasteiger partial charge >= 0.3 is 0 Å². The zero-order chi connectivity index (χ0) is 9.97. The number of nitrogens with zero attached hydrogens (tertiary/aromatic N) is 1. The van der Waals surface area contributed by atoms with Crippen molar-refractivity contribution >= 4 is 0 Å². The summed E-state index contributed by atoms with van der Waals surface area (Å²) in [6.45, 7) is 6.09. The fraction of sp³-hybridized carbons (Fsp3) is 0.833. The Balaban J connectivity index is 1.70. The van der Waals surface area contributed by atoms with E-state index in [0.29, 0.717) is 6.04 Å². The molecule has 2 nitrogen and oxygen atoms in total. The molecule has 80 valence electrons. The van der Waals surface area contributed by atoms with E-state index in [-0.39, 0.29) is 0 Å². The molecule has 1 aliphatic heterocycles. The highest BCUT2D eigenvalue weighted by Crippen LogP contribution is 2.31. The smallest absolute Gasteiger partial charge is 0.0297 e. The predicted octanol–water partition coefficient (Wildman–Crippen LogP) is 1.76. The molecule has 0 aromatic rings. The van der Waals surface area contributed by atoms with E-state index < -0.39 is 0 Å². The van der Waals surface area contributed by atoms with Crippen LogP contribution in [0.5, 0.6) is 0 Å². The van der Waals surface area contributed by atoms with Crippen molar-refractivity contribution in [1.82, 2.24) is 4.90 Å². The lowest BCUT2D eigenvalue weighted by molar-refractivity contribution is 0.0616. The van der Waals surface area contributed by atoms with E-state index >= 15 is 0 Å². The Morgan fingerprint density at radius 3 is 2.36 bits per heavy atom. The van der Waals surface area contributed by atoms with Gasteiger partial charge in [0.2, 0.25) is 0 Å². The highest BCUT2D eigenvalue weighted by atomic mass is 15.2. The molecule has 0 aromatic carbocycles. The Kier molecular flexibility index (Phi) is 3.24. The highest BCUT2D eigenvalue weighted by molar-refractivity contribution is 4.90. The van der Waals surface area contributed by atoms with Crippen molar-refractivity contribution in [2.45, 2.75) is 44.2 Å². The van der Waals surface area contributed by atoms with Crippen LogP contribution in [0.25, 0.3) is 0 Å². The van der Waals surface area contributed by atoms with Gasteiger partial charge in [-0.3, -0.25) is 4.90 Å². The van der Waals surface area contributed by atoms with Crippen LogP contribution in [0, 0.1) is 5.92 Å². The third-order valence-corrected chi connectivity index (χ3v) is 3.77. The zero-order valence-corrected chi connectivity index (χ0v) is 8.99. The molecule has 2 N–H and O–H groups in total. The minimum Gasteiger partial charge on any atom is -0.325 e. The van der Waals surface area contributed by atoms with Crippen LogP contribution in [0.2, 0.25) is 0 Å². The van der Waals surface area contributed by atoms with E-state index in [0.717, 1.165) is 25.0 Å². The number of hydrogen-bond acceptors (Lipinski definition) is 2. The van der Waals surface area contributed by atoms with Crippen molar-refractivity contribution in [3.8, 4) is 0 Å². The van der Waals surface area contributed by atoms with Crippen LogP contribution in [-0.4, -0.2) is 30.1 Å². The second-order valence-corrected chi connectivity index (χ2v) is 4.91. The van der Waals surface area contributed by atoms with Crippen molar-refractivity contribution in [3.63, 3.8) is 0 Å². The maximum atomic E-state index is 5.80. The fourth-order valence-corrected chi connectivity index (χ4v) is 2.83. The largest absolute Gasteiger partial charge is 0.325 e. The van der Waals surface area contributed by atoms with Gasteiger partial charge < -0.3 is 5.73 Å². The van der Waals surface area contributed by atoms with Crippen LogP contribution in [0.15, 0.2) is 12.7 Å². The van der Waals surface area contributed by atoms with Crippen molar-refractivity contribution in [3.05, 3.63) is 12.7 Å². The summed E-state index contributed by atoms with van der Waals surface area (Å²) >= 11 is 0. The Morgan fingerprint density at radius 1 is 1.21 bits per heavy atom. The van der Waals surface area contributed by atoms with Crippen LogP contribution in [0.1, 0.15) is 32.1 Å². The molecule has 14 heavy (non-hydrogen) atoms. The molecule has 2 heteroatoms. The number of rotatable bonds is 3. The van der Waals surface area contributed by atoms with Crippen LogP contribution in [0.3, 0.4) is 0 Å². The highest BCUT2D eigenvalue weighted by Gasteiger charge is 2.32. The van der Waals surface area contributed by atoms with Crippen molar-refractivity contribution in [2.24, 2.45) is 11.7 Å². The first-order valence-electron chi connectivity index (χ1n) is 5.90. The van der Waals surface area contributed by atoms with E-state index in [9.17, 15) is 0 Å². The molecule has 0 amide bonds. The van der Waals surface area contributed by atoms with Gasteiger partial charge in [0.05, 0.1) is 0 Å². The lowest BCUT2D eigenvalue weighted by Crippen LogP contribution is -2.59. The monoisotopic (exact) mass is 194 g/mol. The normalized spacial score (nSPS) is 35.2. The number of likely N-dealkylation sites (tertiary alicyclic amines) is 1. The summed E-state index contributed by atoms with van der Waals surface area (Å²) in [6, 6.07) is 1.30.